The van der Waals surface area contributed by atoms with Crippen molar-refractivity contribution in [1.29, 1.82) is 0 Å². The van der Waals surface area contributed by atoms with Gasteiger partial charge in [0.2, 0.25) is 0 Å². The lowest BCUT2D eigenvalue weighted by Crippen LogP contribution is -2.29. The highest BCUT2D eigenvalue weighted by atomic mass is 32.1. The summed E-state index contributed by atoms with van der Waals surface area (Å²) < 4.78 is 7.07. The molecule has 18 heavy (non-hydrogen) atoms. The zero-order chi connectivity index (χ0) is 12.8. The van der Waals surface area contributed by atoms with E-state index in [0.29, 0.717) is 5.11 Å². The van der Waals surface area contributed by atoms with Crippen LogP contribution in [0.2, 0.25) is 0 Å². The van der Waals surface area contributed by atoms with Crippen LogP contribution in [0.1, 0.15) is 5.56 Å². The van der Waals surface area contributed by atoms with Crippen LogP contribution < -0.4 is 10.1 Å². The minimum Gasteiger partial charge on any atom is -0.496 e. The molecule has 0 aliphatic carbocycles. The van der Waals surface area contributed by atoms with Crippen LogP contribution in [-0.4, -0.2) is 28.3 Å². The van der Waals surface area contributed by atoms with Gasteiger partial charge in [0.25, 0.3) is 0 Å². The number of hydrogen-bond donors (Lipinski definition) is 1. The van der Waals surface area contributed by atoms with Crippen LogP contribution in [0.5, 0.6) is 5.75 Å². The predicted molar refractivity (Wildman–Crippen MR) is 74.9 cm³/mol. The first kappa shape index (κ1) is 12.6. The van der Waals surface area contributed by atoms with E-state index in [1.807, 2.05) is 24.4 Å². The third-order valence-electron chi connectivity index (χ3n) is 2.60. The van der Waals surface area contributed by atoms with Crippen molar-refractivity contribution in [3.05, 3.63) is 48.5 Å². The summed E-state index contributed by atoms with van der Waals surface area (Å²) in [6, 6.07) is 7.99. The molecule has 1 N–H and O–H groups in total. The first-order chi connectivity index (χ1) is 8.81. The minimum absolute atomic E-state index is 0.655. The SMILES string of the molecule is COc1ccccc1CCNC(=S)n1ccnc1. The fourth-order valence-electron chi connectivity index (χ4n) is 1.68. The number of thiocarbonyl (C=S) groups is 1. The molecule has 0 amide bonds. The molecule has 1 heterocycles. The van der Waals surface area contributed by atoms with Gasteiger partial charge in [-0.05, 0) is 30.3 Å². The first-order valence-corrected chi connectivity index (χ1v) is 6.10. The summed E-state index contributed by atoms with van der Waals surface area (Å²) in [5, 5.41) is 3.84. The van der Waals surface area contributed by atoms with Crippen molar-refractivity contribution < 1.29 is 4.74 Å². The number of nitrogens with zero attached hydrogens (tertiary/aromatic N) is 2. The van der Waals surface area contributed by atoms with Crippen molar-refractivity contribution in [2.75, 3.05) is 13.7 Å². The summed E-state index contributed by atoms with van der Waals surface area (Å²) in [5.74, 6) is 0.910. The molecule has 2 aromatic rings. The normalized spacial score (nSPS) is 10.1. The van der Waals surface area contributed by atoms with E-state index in [1.165, 1.54) is 5.56 Å². The molecule has 94 valence electrons. The van der Waals surface area contributed by atoms with Gasteiger partial charge in [0.1, 0.15) is 12.1 Å². The van der Waals surface area contributed by atoms with E-state index >= 15 is 0 Å². The summed E-state index contributed by atoms with van der Waals surface area (Å²) in [5.41, 5.74) is 1.17. The zero-order valence-corrected chi connectivity index (χ0v) is 11.0. The van der Waals surface area contributed by atoms with E-state index in [2.05, 4.69) is 16.4 Å². The summed E-state index contributed by atoms with van der Waals surface area (Å²) in [6.45, 7) is 0.761. The van der Waals surface area contributed by atoms with Gasteiger partial charge in [-0.3, -0.25) is 4.57 Å². The molecule has 0 spiro atoms. The average Bonchev–Trinajstić information content (AvgIpc) is 2.93. The molecule has 5 heteroatoms. The maximum Gasteiger partial charge on any atom is 0.178 e. The van der Waals surface area contributed by atoms with E-state index in [0.717, 1.165) is 18.7 Å². The second-order valence-electron chi connectivity index (χ2n) is 3.76. The Morgan fingerprint density at radius 2 is 2.28 bits per heavy atom. The van der Waals surface area contributed by atoms with Crippen molar-refractivity contribution >= 4 is 17.3 Å². The molecule has 0 aliphatic rings. The van der Waals surface area contributed by atoms with Crippen molar-refractivity contribution in [2.24, 2.45) is 0 Å². The van der Waals surface area contributed by atoms with E-state index in [9.17, 15) is 0 Å². The van der Waals surface area contributed by atoms with Crippen LogP contribution in [0.25, 0.3) is 0 Å². The molecular weight excluding hydrogens is 246 g/mol. The van der Waals surface area contributed by atoms with Gasteiger partial charge < -0.3 is 10.1 Å². The Hall–Kier alpha value is -1.88. The molecule has 0 saturated heterocycles. The molecule has 0 fully saturated rings. The number of benzene rings is 1. The van der Waals surface area contributed by atoms with Crippen molar-refractivity contribution in [3.63, 3.8) is 0 Å². The minimum atomic E-state index is 0.655. The monoisotopic (exact) mass is 261 g/mol. The fraction of sp³-hybridized carbons (Fsp3) is 0.231. The number of hydrogen-bond acceptors (Lipinski definition) is 3. The highest BCUT2D eigenvalue weighted by molar-refractivity contribution is 7.80. The van der Waals surface area contributed by atoms with Gasteiger partial charge in [0.15, 0.2) is 5.11 Å². The molecule has 1 aromatic heterocycles. The fourth-order valence-corrected chi connectivity index (χ4v) is 1.89. The zero-order valence-electron chi connectivity index (χ0n) is 10.2. The van der Waals surface area contributed by atoms with Crippen molar-refractivity contribution in [2.45, 2.75) is 6.42 Å². The highest BCUT2D eigenvalue weighted by Crippen LogP contribution is 2.17. The van der Waals surface area contributed by atoms with Gasteiger partial charge in [0, 0.05) is 18.9 Å². The van der Waals surface area contributed by atoms with E-state index in [-0.39, 0.29) is 0 Å². The molecule has 0 radical (unpaired) electrons. The molecule has 4 nitrogen and oxygen atoms in total. The molecule has 0 aliphatic heterocycles. The van der Waals surface area contributed by atoms with Gasteiger partial charge in [-0.15, -0.1) is 0 Å². The summed E-state index contributed by atoms with van der Waals surface area (Å²) in [4.78, 5) is 3.95. The summed E-state index contributed by atoms with van der Waals surface area (Å²) in [6.07, 6.45) is 6.06. The number of imidazole rings is 1. The standard InChI is InChI=1S/C13H15N3OS/c1-17-12-5-3-2-4-11(12)6-7-15-13(18)16-9-8-14-10-16/h2-5,8-10H,6-7H2,1H3,(H,15,18). The van der Waals surface area contributed by atoms with Crippen LogP contribution >= 0.6 is 12.2 Å². The van der Waals surface area contributed by atoms with Crippen LogP contribution in [0, 0.1) is 0 Å². The molecular formula is C13H15N3OS. The molecule has 0 bridgehead atoms. The van der Waals surface area contributed by atoms with Crippen LogP contribution in [-0.2, 0) is 6.42 Å². The summed E-state index contributed by atoms with van der Waals surface area (Å²) in [7, 11) is 1.68. The lowest BCUT2D eigenvalue weighted by molar-refractivity contribution is 0.409. The second kappa shape index (κ2) is 6.16. The topological polar surface area (TPSA) is 39.1 Å². The number of rotatable bonds is 4. The third-order valence-corrected chi connectivity index (χ3v) is 2.96. The Balaban J connectivity index is 1.87. The quantitative estimate of drug-likeness (QED) is 0.853. The summed E-state index contributed by atoms with van der Waals surface area (Å²) >= 11 is 5.23. The Morgan fingerprint density at radius 1 is 1.44 bits per heavy atom. The molecule has 0 atom stereocenters. The molecule has 0 saturated carbocycles. The molecule has 2 rings (SSSR count). The number of nitrogens with one attached hydrogen (secondary N) is 1. The molecule has 0 unspecified atom stereocenters. The van der Waals surface area contributed by atoms with E-state index < -0.39 is 0 Å². The Bertz CT molecular complexity index is 511. The van der Waals surface area contributed by atoms with E-state index in [4.69, 9.17) is 17.0 Å². The Labute approximate surface area is 112 Å². The van der Waals surface area contributed by atoms with Crippen molar-refractivity contribution in [1.82, 2.24) is 14.9 Å². The van der Waals surface area contributed by atoms with Gasteiger partial charge in [-0.2, -0.15) is 0 Å². The largest absolute Gasteiger partial charge is 0.496 e. The van der Waals surface area contributed by atoms with Gasteiger partial charge in [-0.25, -0.2) is 4.98 Å². The smallest absolute Gasteiger partial charge is 0.178 e. The van der Waals surface area contributed by atoms with Gasteiger partial charge >= 0.3 is 0 Å². The van der Waals surface area contributed by atoms with Gasteiger partial charge in [0.05, 0.1) is 7.11 Å². The van der Waals surface area contributed by atoms with Crippen molar-refractivity contribution in [3.8, 4) is 5.75 Å². The van der Waals surface area contributed by atoms with Crippen LogP contribution in [0.15, 0.2) is 43.0 Å². The number of methoxy groups -OCH3 is 1. The second-order valence-corrected chi connectivity index (χ2v) is 4.15. The van der Waals surface area contributed by atoms with Crippen LogP contribution in [0.4, 0.5) is 0 Å². The highest BCUT2D eigenvalue weighted by Gasteiger charge is 2.02. The number of para-hydroxylation sites is 1. The van der Waals surface area contributed by atoms with Crippen LogP contribution in [0.3, 0.4) is 0 Å². The first-order valence-electron chi connectivity index (χ1n) is 5.69. The lowest BCUT2D eigenvalue weighted by atomic mass is 10.1. The molecule has 1 aromatic carbocycles. The Morgan fingerprint density at radius 3 is 3.00 bits per heavy atom. The van der Waals surface area contributed by atoms with Gasteiger partial charge in [-0.1, -0.05) is 18.2 Å². The third kappa shape index (κ3) is 3.07. The van der Waals surface area contributed by atoms with E-state index in [1.54, 1.807) is 24.2 Å². The maximum atomic E-state index is 5.30. The maximum absolute atomic E-state index is 5.30. The number of ether oxygens (including phenoxy) is 1. The number of aromatic nitrogens is 2. The Kier molecular flexibility index (Phi) is 4.30. The lowest BCUT2D eigenvalue weighted by Gasteiger charge is -2.10. The predicted octanol–water partition coefficient (Wildman–Crippen LogP) is 1.86. The average molecular weight is 261 g/mol.